The number of alkyl halides is 1. The lowest BCUT2D eigenvalue weighted by atomic mass is 9.97. The van der Waals surface area contributed by atoms with Gasteiger partial charge in [0.05, 0.1) is 0 Å². The molecular weight excluding hydrogens is 338 g/mol. The summed E-state index contributed by atoms with van der Waals surface area (Å²) in [5.41, 5.74) is 1.23. The molecule has 0 saturated carbocycles. The van der Waals surface area contributed by atoms with Gasteiger partial charge in [-0.15, -0.1) is 0 Å². The summed E-state index contributed by atoms with van der Waals surface area (Å²) in [5, 5.41) is 5.97. The van der Waals surface area contributed by atoms with Gasteiger partial charge < -0.3 is 0 Å². The van der Waals surface area contributed by atoms with Crippen LogP contribution in [0.4, 0.5) is 0 Å². The molecule has 0 aliphatic carbocycles. The quantitative estimate of drug-likeness (QED) is 0.722. The Kier molecular flexibility index (Phi) is 5.61. The van der Waals surface area contributed by atoms with Crippen molar-refractivity contribution in [1.82, 2.24) is 14.8 Å². The van der Waals surface area contributed by atoms with Crippen molar-refractivity contribution in [2.45, 2.75) is 32.7 Å². The zero-order valence-electron chi connectivity index (χ0n) is 11.8. The van der Waals surface area contributed by atoms with Gasteiger partial charge in [-0.1, -0.05) is 53.5 Å². The van der Waals surface area contributed by atoms with E-state index in [9.17, 15) is 0 Å². The van der Waals surface area contributed by atoms with Crippen molar-refractivity contribution in [3.63, 3.8) is 0 Å². The molecule has 1 atom stereocenters. The number of rotatable bonds is 6. The maximum atomic E-state index is 6.08. The van der Waals surface area contributed by atoms with E-state index in [1.54, 1.807) is 6.33 Å². The van der Waals surface area contributed by atoms with Crippen molar-refractivity contribution in [3.05, 3.63) is 47.0 Å². The summed E-state index contributed by atoms with van der Waals surface area (Å²) in [5.74, 6) is 1.94. The Hall–Kier alpha value is -0.870. The number of halogens is 2. The average Bonchev–Trinajstić information content (AvgIpc) is 2.82. The number of benzene rings is 1. The molecule has 20 heavy (non-hydrogen) atoms. The predicted octanol–water partition coefficient (Wildman–Crippen LogP) is 4.31. The van der Waals surface area contributed by atoms with E-state index in [-0.39, 0.29) is 0 Å². The van der Waals surface area contributed by atoms with Gasteiger partial charge in [-0.2, -0.15) is 5.10 Å². The van der Waals surface area contributed by atoms with E-state index in [4.69, 9.17) is 11.6 Å². The molecule has 1 unspecified atom stereocenters. The normalized spacial score (nSPS) is 12.8. The Morgan fingerprint density at radius 2 is 2.15 bits per heavy atom. The minimum atomic E-state index is 0.351. The fourth-order valence-corrected chi connectivity index (χ4v) is 2.99. The van der Waals surface area contributed by atoms with Gasteiger partial charge in [0.2, 0.25) is 0 Å². The van der Waals surface area contributed by atoms with Crippen LogP contribution in [0.25, 0.3) is 0 Å². The fourth-order valence-electron chi connectivity index (χ4n) is 2.19. The molecule has 0 radical (unpaired) electrons. The highest BCUT2D eigenvalue weighted by molar-refractivity contribution is 9.09. The summed E-state index contributed by atoms with van der Waals surface area (Å²) < 4.78 is 2.00. The maximum Gasteiger partial charge on any atom is 0.138 e. The summed E-state index contributed by atoms with van der Waals surface area (Å²) in [6, 6.07) is 8.03. The number of hydrogen-bond donors (Lipinski definition) is 0. The van der Waals surface area contributed by atoms with E-state index in [2.05, 4.69) is 45.9 Å². The van der Waals surface area contributed by atoms with E-state index in [1.165, 1.54) is 5.56 Å². The van der Waals surface area contributed by atoms with Crippen LogP contribution >= 0.6 is 27.5 Å². The van der Waals surface area contributed by atoms with Crippen molar-refractivity contribution in [2.24, 2.45) is 5.92 Å². The van der Waals surface area contributed by atoms with Crippen LogP contribution in [0.5, 0.6) is 0 Å². The Balaban J connectivity index is 2.16. The van der Waals surface area contributed by atoms with Crippen molar-refractivity contribution >= 4 is 27.5 Å². The highest BCUT2D eigenvalue weighted by atomic mass is 79.9. The van der Waals surface area contributed by atoms with Crippen LogP contribution in [0.1, 0.15) is 31.2 Å². The number of hydrogen-bond acceptors (Lipinski definition) is 2. The van der Waals surface area contributed by atoms with Crippen LogP contribution in [0.3, 0.4) is 0 Å². The van der Waals surface area contributed by atoms with Gasteiger partial charge in [-0.3, -0.25) is 0 Å². The van der Waals surface area contributed by atoms with Gasteiger partial charge in [0.1, 0.15) is 12.2 Å². The second kappa shape index (κ2) is 7.23. The van der Waals surface area contributed by atoms with Crippen LogP contribution in [0.15, 0.2) is 30.6 Å². The standard InChI is InChI=1S/C15H19BrClN3/c1-11(2)9-20-15(18-10-19-20)7-13(8-16)12-4-3-5-14(17)6-12/h3-6,10-11,13H,7-9H2,1-2H3. The van der Waals surface area contributed by atoms with Gasteiger partial charge in [0.25, 0.3) is 0 Å². The van der Waals surface area contributed by atoms with Gasteiger partial charge in [-0.05, 0) is 23.6 Å². The number of nitrogens with zero attached hydrogens (tertiary/aromatic N) is 3. The average molecular weight is 357 g/mol. The second-order valence-corrected chi connectivity index (χ2v) is 6.45. The Labute approximate surface area is 133 Å². The Bertz CT molecular complexity index is 554. The van der Waals surface area contributed by atoms with Crippen LogP contribution in [-0.2, 0) is 13.0 Å². The molecule has 0 amide bonds. The van der Waals surface area contributed by atoms with Crippen LogP contribution in [0, 0.1) is 5.92 Å². The summed E-state index contributed by atoms with van der Waals surface area (Å²) in [6.45, 7) is 5.27. The molecule has 5 heteroatoms. The zero-order valence-corrected chi connectivity index (χ0v) is 14.1. The molecular formula is C15H19BrClN3. The highest BCUT2D eigenvalue weighted by Crippen LogP contribution is 2.24. The lowest BCUT2D eigenvalue weighted by Crippen LogP contribution is -2.14. The molecule has 0 fully saturated rings. The lowest BCUT2D eigenvalue weighted by Gasteiger charge is -2.16. The first-order valence-electron chi connectivity index (χ1n) is 6.78. The highest BCUT2D eigenvalue weighted by Gasteiger charge is 2.16. The van der Waals surface area contributed by atoms with Crippen molar-refractivity contribution in [1.29, 1.82) is 0 Å². The minimum absolute atomic E-state index is 0.351. The van der Waals surface area contributed by atoms with Gasteiger partial charge in [0, 0.05) is 29.2 Å². The zero-order chi connectivity index (χ0) is 14.5. The Morgan fingerprint density at radius 1 is 1.35 bits per heavy atom. The monoisotopic (exact) mass is 355 g/mol. The van der Waals surface area contributed by atoms with E-state index in [0.29, 0.717) is 11.8 Å². The first-order valence-corrected chi connectivity index (χ1v) is 8.28. The predicted molar refractivity (Wildman–Crippen MR) is 86.6 cm³/mol. The fraction of sp³-hybridized carbons (Fsp3) is 0.467. The molecule has 0 spiro atoms. The van der Waals surface area contributed by atoms with Crippen LogP contribution in [0.2, 0.25) is 5.02 Å². The SMILES string of the molecule is CC(C)Cn1ncnc1CC(CBr)c1cccc(Cl)c1. The van der Waals surface area contributed by atoms with E-state index < -0.39 is 0 Å². The van der Waals surface area contributed by atoms with E-state index in [0.717, 1.165) is 29.1 Å². The van der Waals surface area contributed by atoms with Crippen LogP contribution in [-0.4, -0.2) is 20.1 Å². The van der Waals surface area contributed by atoms with E-state index >= 15 is 0 Å². The molecule has 0 aliphatic heterocycles. The third-order valence-electron chi connectivity index (χ3n) is 3.17. The molecule has 0 aliphatic rings. The molecule has 1 aromatic heterocycles. The van der Waals surface area contributed by atoms with Gasteiger partial charge in [-0.25, -0.2) is 9.67 Å². The maximum absolute atomic E-state index is 6.08. The minimum Gasteiger partial charge on any atom is -0.250 e. The number of aromatic nitrogens is 3. The summed E-state index contributed by atoms with van der Waals surface area (Å²) >= 11 is 9.68. The second-order valence-electron chi connectivity index (χ2n) is 5.36. The summed E-state index contributed by atoms with van der Waals surface area (Å²) in [6.07, 6.45) is 2.50. The largest absolute Gasteiger partial charge is 0.250 e. The van der Waals surface area contributed by atoms with Crippen LogP contribution < -0.4 is 0 Å². The first kappa shape index (κ1) is 15.5. The van der Waals surface area contributed by atoms with E-state index in [1.807, 2.05) is 22.9 Å². The molecule has 2 aromatic rings. The molecule has 0 N–H and O–H groups in total. The van der Waals surface area contributed by atoms with Crippen molar-refractivity contribution < 1.29 is 0 Å². The topological polar surface area (TPSA) is 30.7 Å². The van der Waals surface area contributed by atoms with Crippen molar-refractivity contribution in [2.75, 3.05) is 5.33 Å². The smallest absolute Gasteiger partial charge is 0.138 e. The lowest BCUT2D eigenvalue weighted by molar-refractivity contribution is 0.461. The third kappa shape index (κ3) is 4.06. The van der Waals surface area contributed by atoms with Gasteiger partial charge >= 0.3 is 0 Å². The first-order chi connectivity index (χ1) is 9.60. The molecule has 0 saturated heterocycles. The molecule has 108 valence electrons. The molecule has 0 bridgehead atoms. The molecule has 2 rings (SSSR count). The summed E-state index contributed by atoms with van der Waals surface area (Å²) in [4.78, 5) is 4.40. The van der Waals surface area contributed by atoms with Gasteiger partial charge in [0.15, 0.2) is 0 Å². The van der Waals surface area contributed by atoms with Crippen molar-refractivity contribution in [3.8, 4) is 0 Å². The Morgan fingerprint density at radius 3 is 2.80 bits per heavy atom. The molecule has 3 nitrogen and oxygen atoms in total. The molecule has 1 aromatic carbocycles. The summed E-state index contributed by atoms with van der Waals surface area (Å²) in [7, 11) is 0. The third-order valence-corrected chi connectivity index (χ3v) is 4.19. The molecule has 1 heterocycles.